The molecule has 1 atom stereocenters. The Morgan fingerprint density at radius 1 is 1.00 bits per heavy atom. The minimum atomic E-state index is -2.14. The summed E-state index contributed by atoms with van der Waals surface area (Å²) in [7, 11) is 1.02. The first-order chi connectivity index (χ1) is 22.9. The lowest BCUT2D eigenvalue weighted by Crippen LogP contribution is -2.49. The molecule has 1 aliphatic heterocycles. The monoisotopic (exact) mass is 672 g/mol. The second kappa shape index (κ2) is 16.0. The van der Waals surface area contributed by atoms with Crippen molar-refractivity contribution in [2.45, 2.75) is 58.0 Å². The van der Waals surface area contributed by atoms with Gasteiger partial charge >= 0.3 is 6.09 Å². The zero-order valence-corrected chi connectivity index (χ0v) is 30.1. The minimum absolute atomic E-state index is 0.00298. The Morgan fingerprint density at radius 2 is 1.71 bits per heavy atom. The van der Waals surface area contributed by atoms with Crippen LogP contribution in [0.5, 0.6) is 17.2 Å². The van der Waals surface area contributed by atoms with Crippen LogP contribution in [0.1, 0.15) is 48.7 Å². The van der Waals surface area contributed by atoms with E-state index in [1.807, 2.05) is 54.6 Å². The summed E-state index contributed by atoms with van der Waals surface area (Å²) in [6.45, 7) is 15.6. The van der Waals surface area contributed by atoms with Crippen molar-refractivity contribution in [3.05, 3.63) is 102 Å². The minimum Gasteiger partial charge on any atom is -0.497 e. The number of benzene rings is 3. The third-order valence-electron chi connectivity index (χ3n) is 8.94. The van der Waals surface area contributed by atoms with Gasteiger partial charge in [-0.2, -0.15) is 0 Å². The van der Waals surface area contributed by atoms with Crippen LogP contribution < -0.4 is 19.5 Å². The lowest BCUT2D eigenvalue weighted by molar-refractivity contribution is 0.0627. The lowest BCUT2D eigenvalue weighted by Gasteiger charge is -2.41. The van der Waals surface area contributed by atoms with Crippen molar-refractivity contribution in [2.75, 3.05) is 39.3 Å². The Hall–Kier alpha value is -4.54. The van der Waals surface area contributed by atoms with E-state index < -0.39 is 14.4 Å². The first-order valence-electron chi connectivity index (χ1n) is 16.1. The van der Waals surface area contributed by atoms with Crippen molar-refractivity contribution in [1.82, 2.24) is 4.90 Å². The zero-order valence-electron chi connectivity index (χ0n) is 29.1. The second-order valence-electron chi connectivity index (χ2n) is 13.2. The van der Waals surface area contributed by atoms with E-state index in [0.717, 1.165) is 22.4 Å². The number of hydrogen-bond donors (Lipinski definition) is 1. The molecule has 0 aliphatic carbocycles. The molecule has 1 heterocycles. The summed E-state index contributed by atoms with van der Waals surface area (Å²) in [4.78, 5) is 29.1. The first-order valence-corrected chi connectivity index (χ1v) is 19.0. The summed E-state index contributed by atoms with van der Waals surface area (Å²) in [6.07, 6.45) is 3.41. The molecule has 0 aromatic heterocycles. The van der Waals surface area contributed by atoms with Gasteiger partial charge in [0.2, 0.25) is 0 Å². The second-order valence-corrected chi connectivity index (χ2v) is 18.0. The SMILES string of the molecule is C=CCOC(=O)Nc1cc(OCc2ccccc2)c(OC)cc1C(=O)N1CC=C(c2ccc(OC)cc2)C[C@H]1CO[Si](C)(C)C(C)(C)C. The number of carbonyl (C=O) groups is 2. The number of nitrogens with zero attached hydrogens (tertiary/aromatic N) is 1. The summed E-state index contributed by atoms with van der Waals surface area (Å²) in [5, 5.41) is 2.75. The maximum Gasteiger partial charge on any atom is 0.411 e. The van der Waals surface area contributed by atoms with Crippen molar-refractivity contribution in [3.63, 3.8) is 0 Å². The van der Waals surface area contributed by atoms with E-state index in [1.54, 1.807) is 24.1 Å². The number of hydrogen-bond acceptors (Lipinski definition) is 7. The third-order valence-corrected chi connectivity index (χ3v) is 13.4. The fourth-order valence-corrected chi connectivity index (χ4v) is 6.09. The van der Waals surface area contributed by atoms with Crippen LogP contribution in [0.25, 0.3) is 5.57 Å². The van der Waals surface area contributed by atoms with Gasteiger partial charge in [0.05, 0.1) is 38.1 Å². The van der Waals surface area contributed by atoms with Crippen LogP contribution in [0, 0.1) is 0 Å². The quantitative estimate of drug-likeness (QED) is 0.144. The van der Waals surface area contributed by atoms with Gasteiger partial charge in [0.15, 0.2) is 19.8 Å². The molecule has 4 rings (SSSR count). The Balaban J connectivity index is 1.71. The molecule has 3 aromatic rings. The maximum atomic E-state index is 14.6. The molecule has 9 nitrogen and oxygen atoms in total. The van der Waals surface area contributed by atoms with Gasteiger partial charge in [-0.1, -0.05) is 82.0 Å². The molecule has 2 amide bonds. The van der Waals surface area contributed by atoms with E-state index in [4.69, 9.17) is 23.4 Å². The number of amides is 2. The molecule has 1 aliphatic rings. The van der Waals surface area contributed by atoms with Crippen LogP contribution in [0.15, 0.2) is 85.5 Å². The highest BCUT2D eigenvalue weighted by Gasteiger charge is 2.39. The normalized spacial score (nSPS) is 14.9. The van der Waals surface area contributed by atoms with Gasteiger partial charge in [-0.15, -0.1) is 0 Å². The van der Waals surface area contributed by atoms with E-state index in [0.29, 0.717) is 31.1 Å². The molecule has 0 saturated heterocycles. The number of rotatable bonds is 13. The van der Waals surface area contributed by atoms with Gasteiger partial charge in [0.25, 0.3) is 5.91 Å². The van der Waals surface area contributed by atoms with Gasteiger partial charge in [0, 0.05) is 12.6 Å². The highest BCUT2D eigenvalue weighted by Crippen LogP contribution is 2.39. The average Bonchev–Trinajstić information content (AvgIpc) is 3.08. The summed E-state index contributed by atoms with van der Waals surface area (Å²) < 4.78 is 29.1. The molecule has 3 aromatic carbocycles. The largest absolute Gasteiger partial charge is 0.497 e. The van der Waals surface area contributed by atoms with Crippen molar-refractivity contribution in [3.8, 4) is 17.2 Å². The Morgan fingerprint density at radius 3 is 2.33 bits per heavy atom. The summed E-state index contributed by atoms with van der Waals surface area (Å²) >= 11 is 0. The fraction of sp³-hybridized carbons (Fsp3) is 0.368. The van der Waals surface area contributed by atoms with Crippen LogP contribution >= 0.6 is 0 Å². The van der Waals surface area contributed by atoms with E-state index >= 15 is 0 Å². The molecule has 10 heteroatoms. The molecule has 0 fully saturated rings. The Kier molecular flexibility index (Phi) is 12.1. The van der Waals surface area contributed by atoms with Gasteiger partial charge < -0.3 is 28.3 Å². The number of methoxy groups -OCH3 is 2. The number of nitrogens with one attached hydrogen (secondary N) is 1. The van der Waals surface area contributed by atoms with E-state index in [1.165, 1.54) is 13.2 Å². The fourth-order valence-electron chi connectivity index (χ4n) is 5.05. The molecule has 256 valence electrons. The Labute approximate surface area is 285 Å². The molecular formula is C38H48N2O7Si. The van der Waals surface area contributed by atoms with Crippen molar-refractivity contribution < 1.29 is 33.0 Å². The highest BCUT2D eigenvalue weighted by molar-refractivity contribution is 6.74. The molecule has 1 N–H and O–H groups in total. The molecular weight excluding hydrogens is 625 g/mol. The van der Waals surface area contributed by atoms with Gasteiger partial charge in [-0.05, 0) is 59.5 Å². The molecule has 0 saturated carbocycles. The smallest absolute Gasteiger partial charge is 0.411 e. The molecule has 0 spiro atoms. The molecule has 0 radical (unpaired) electrons. The summed E-state index contributed by atoms with van der Waals surface area (Å²) in [6, 6.07) is 20.6. The predicted octanol–water partition coefficient (Wildman–Crippen LogP) is 8.34. The van der Waals surface area contributed by atoms with Crippen molar-refractivity contribution >= 4 is 31.6 Å². The number of anilines is 1. The van der Waals surface area contributed by atoms with Crippen molar-refractivity contribution in [1.29, 1.82) is 0 Å². The van der Waals surface area contributed by atoms with Crippen LogP contribution in [-0.2, 0) is 15.8 Å². The van der Waals surface area contributed by atoms with Gasteiger partial charge in [-0.3, -0.25) is 10.1 Å². The first kappa shape index (κ1) is 36.3. The molecule has 0 unspecified atom stereocenters. The Bertz CT molecular complexity index is 1600. The standard InChI is InChI=1S/C38H48N2O7Si/c1-9-21-45-37(42)39-33-24-35(46-25-27-13-11-10-12-14-27)34(44-6)23-32(33)36(41)40-20-19-29(28-15-17-31(43-5)18-16-28)22-30(40)26-47-48(7,8)38(2,3)4/h9-19,23-24,30H,1,20-22,25-26H2,2-8H3,(H,39,42)/t30-/m0/s1. The van der Waals surface area contributed by atoms with E-state index in [9.17, 15) is 9.59 Å². The lowest BCUT2D eigenvalue weighted by atomic mass is 9.93. The molecule has 48 heavy (non-hydrogen) atoms. The molecule has 0 bridgehead atoms. The van der Waals surface area contributed by atoms with Gasteiger partial charge in [-0.25, -0.2) is 4.79 Å². The van der Waals surface area contributed by atoms with Crippen LogP contribution in [-0.4, -0.2) is 65.2 Å². The average molecular weight is 673 g/mol. The summed E-state index contributed by atoms with van der Waals surface area (Å²) in [5.74, 6) is 1.23. The summed E-state index contributed by atoms with van der Waals surface area (Å²) in [5.41, 5.74) is 3.63. The van der Waals surface area contributed by atoms with Crippen molar-refractivity contribution in [2.24, 2.45) is 0 Å². The van der Waals surface area contributed by atoms with Crippen LogP contribution in [0.3, 0.4) is 0 Å². The van der Waals surface area contributed by atoms with Crippen LogP contribution in [0.4, 0.5) is 10.5 Å². The third kappa shape index (κ3) is 9.08. The number of ether oxygens (including phenoxy) is 4. The zero-order chi connectivity index (χ0) is 34.9. The van der Waals surface area contributed by atoms with E-state index in [2.05, 4.69) is 51.8 Å². The maximum absolute atomic E-state index is 14.6. The topological polar surface area (TPSA) is 95.6 Å². The van der Waals surface area contributed by atoms with Crippen LogP contribution in [0.2, 0.25) is 18.1 Å². The predicted molar refractivity (Wildman–Crippen MR) is 192 cm³/mol. The highest BCUT2D eigenvalue weighted by atomic mass is 28.4. The number of carbonyl (C=O) groups excluding carboxylic acids is 2. The van der Waals surface area contributed by atoms with E-state index in [-0.39, 0.29) is 41.5 Å². The van der Waals surface area contributed by atoms with Gasteiger partial charge in [0.1, 0.15) is 19.0 Å².